The van der Waals surface area contributed by atoms with E-state index in [1.165, 1.54) is 83.1 Å². The van der Waals surface area contributed by atoms with E-state index in [4.69, 9.17) is 0 Å². The molecule has 1 unspecified atom stereocenters. The molecule has 5 rings (SSSR count). The highest BCUT2D eigenvalue weighted by Crippen LogP contribution is 2.50. The molecule has 0 spiro atoms. The second-order valence-electron chi connectivity index (χ2n) is 10.3. The van der Waals surface area contributed by atoms with Gasteiger partial charge in [-0.15, -0.1) is 11.3 Å². The van der Waals surface area contributed by atoms with Crippen LogP contribution in [-0.4, -0.2) is 17.1 Å². The number of carbonyl (C=O) groups is 1. The molecule has 0 amide bonds. The van der Waals surface area contributed by atoms with Crippen LogP contribution in [-0.2, 0) is 11.2 Å². The number of nitrogens with zero attached hydrogens (tertiary/aromatic N) is 2. The molecule has 3 aliphatic rings. The first-order valence-corrected chi connectivity index (χ1v) is 14.3. The van der Waals surface area contributed by atoms with Crippen LogP contribution in [0.5, 0.6) is 0 Å². The van der Waals surface area contributed by atoms with Crippen molar-refractivity contribution in [3.05, 3.63) is 85.8 Å². The molecule has 2 aliphatic carbocycles. The molecular weight excluding hydrogens is 476 g/mol. The van der Waals surface area contributed by atoms with Gasteiger partial charge in [0, 0.05) is 27.6 Å². The monoisotopic (exact) mass is 510 g/mol. The first-order chi connectivity index (χ1) is 18.0. The maximum Gasteiger partial charge on any atom is 0.346 e. The first-order valence-electron chi connectivity index (χ1n) is 13.5. The molecule has 1 fully saturated rings. The predicted molar refractivity (Wildman–Crippen MR) is 152 cm³/mol. The van der Waals surface area contributed by atoms with Gasteiger partial charge in [0.15, 0.2) is 0 Å². The highest BCUT2D eigenvalue weighted by Gasteiger charge is 2.40. The van der Waals surface area contributed by atoms with E-state index in [0.29, 0.717) is 6.04 Å². The minimum Gasteiger partial charge on any atom is -0.477 e. The molecule has 190 valence electrons. The van der Waals surface area contributed by atoms with E-state index >= 15 is 0 Å². The fourth-order valence-electron chi connectivity index (χ4n) is 5.94. The lowest BCUT2D eigenvalue weighted by Crippen LogP contribution is -2.28. The Morgan fingerprint density at radius 2 is 2.03 bits per heavy atom. The number of carboxylic acid groups (broad SMARTS) is 1. The summed E-state index contributed by atoms with van der Waals surface area (Å²) in [6.45, 7) is 4.35. The summed E-state index contributed by atoms with van der Waals surface area (Å²) in [6.07, 6.45) is 16.3. The second-order valence-corrected chi connectivity index (χ2v) is 11.4. The van der Waals surface area contributed by atoms with E-state index in [2.05, 4.69) is 61.2 Å². The second kappa shape index (κ2) is 10.9. The topological polar surface area (TPSA) is 64.3 Å². The third-order valence-corrected chi connectivity index (χ3v) is 8.97. The number of aliphatic carboxylic acids is 1. The molecule has 1 aromatic carbocycles. The van der Waals surface area contributed by atoms with Crippen molar-refractivity contribution in [2.75, 3.05) is 4.90 Å². The molecule has 2 heterocycles. The van der Waals surface area contributed by atoms with Crippen molar-refractivity contribution >= 4 is 34.6 Å². The summed E-state index contributed by atoms with van der Waals surface area (Å²) < 4.78 is 0. The Bertz CT molecular complexity index is 1360. The van der Waals surface area contributed by atoms with Gasteiger partial charge >= 0.3 is 5.97 Å². The van der Waals surface area contributed by atoms with Crippen LogP contribution in [0.25, 0.3) is 11.6 Å². The Labute approximate surface area is 223 Å². The van der Waals surface area contributed by atoms with Gasteiger partial charge in [0.05, 0.1) is 6.04 Å². The summed E-state index contributed by atoms with van der Waals surface area (Å²) in [5, 5.41) is 18.6. The zero-order valence-electron chi connectivity index (χ0n) is 21.7. The molecule has 1 aliphatic heterocycles. The Morgan fingerprint density at radius 1 is 1.22 bits per heavy atom. The van der Waals surface area contributed by atoms with Gasteiger partial charge in [-0.3, -0.25) is 0 Å². The quantitative estimate of drug-likeness (QED) is 0.210. The first kappa shape index (κ1) is 25.3. The van der Waals surface area contributed by atoms with Crippen LogP contribution in [0.3, 0.4) is 0 Å². The highest BCUT2D eigenvalue weighted by molar-refractivity contribution is 7.14. The fourth-order valence-corrected chi connectivity index (χ4v) is 7.12. The largest absolute Gasteiger partial charge is 0.477 e. The lowest BCUT2D eigenvalue weighted by atomic mass is 9.91. The van der Waals surface area contributed by atoms with Crippen LogP contribution >= 0.6 is 11.3 Å². The van der Waals surface area contributed by atoms with E-state index in [1.54, 1.807) is 16.9 Å². The lowest BCUT2D eigenvalue weighted by Gasteiger charge is -2.29. The van der Waals surface area contributed by atoms with Crippen LogP contribution in [0.2, 0.25) is 0 Å². The van der Waals surface area contributed by atoms with Crippen LogP contribution < -0.4 is 4.90 Å². The molecule has 0 radical (unpaired) electrons. The zero-order valence-corrected chi connectivity index (χ0v) is 22.5. The number of fused-ring (bicyclic) bond motifs is 2. The molecule has 4 nitrogen and oxygen atoms in total. The number of allylic oxidation sites excluding steroid dienone is 4. The third-order valence-electron chi connectivity index (χ3n) is 7.77. The van der Waals surface area contributed by atoms with Crippen molar-refractivity contribution in [2.24, 2.45) is 0 Å². The van der Waals surface area contributed by atoms with E-state index < -0.39 is 5.97 Å². The maximum atomic E-state index is 11.5. The number of carboxylic acids is 1. The third kappa shape index (κ3) is 5.08. The number of benzene rings is 1. The molecule has 37 heavy (non-hydrogen) atoms. The van der Waals surface area contributed by atoms with Gasteiger partial charge in [-0.25, -0.2) is 4.79 Å². The Morgan fingerprint density at radius 3 is 2.76 bits per heavy atom. The van der Waals surface area contributed by atoms with Crippen LogP contribution in [0.1, 0.15) is 79.2 Å². The summed E-state index contributed by atoms with van der Waals surface area (Å²) in [5.41, 5.74) is 9.33. The molecule has 1 N–H and O–H groups in total. The smallest absolute Gasteiger partial charge is 0.346 e. The number of thiophene rings is 1. The molecule has 0 bridgehead atoms. The molecule has 5 heteroatoms. The average Bonchev–Trinajstić information content (AvgIpc) is 3.60. The highest BCUT2D eigenvalue weighted by atomic mass is 32.1. The van der Waals surface area contributed by atoms with Crippen molar-refractivity contribution in [3.8, 4) is 6.07 Å². The predicted octanol–water partition coefficient (Wildman–Crippen LogP) is 8.21. The fraction of sp³-hybridized carbons (Fsp3) is 0.375. The number of aryl methyl sites for hydroxylation is 2. The summed E-state index contributed by atoms with van der Waals surface area (Å²) >= 11 is 1.62. The lowest BCUT2D eigenvalue weighted by molar-refractivity contribution is -0.132. The van der Waals surface area contributed by atoms with Crippen LogP contribution in [0.15, 0.2) is 64.9 Å². The maximum absolute atomic E-state index is 11.5. The molecular formula is C32H34N2O2S. The standard InChI is InChI=1S/C32H34N2O2S/c1-3-4-5-6-8-22-17-26(18-24(20-33)32(35)36)37-31(22)23-13-16-30-28(19-23)27-9-7-10-29(27)34(30)25-14-11-21(2)12-15-25/h11-18,29H,3-10,19H2,1-2H3,(H,35,36)/b24-18-. The Balaban J connectivity index is 1.51. The van der Waals surface area contributed by atoms with Gasteiger partial charge in [0.1, 0.15) is 11.6 Å². The summed E-state index contributed by atoms with van der Waals surface area (Å²) in [7, 11) is 0. The van der Waals surface area contributed by atoms with Gasteiger partial charge < -0.3 is 10.0 Å². The minimum atomic E-state index is -1.17. The molecule has 2 aromatic rings. The van der Waals surface area contributed by atoms with Crippen molar-refractivity contribution in [3.63, 3.8) is 0 Å². The summed E-state index contributed by atoms with van der Waals surface area (Å²) in [5.74, 6) is -1.17. The number of hydrogen-bond acceptors (Lipinski definition) is 4. The van der Waals surface area contributed by atoms with Gasteiger partial charge in [-0.1, -0.05) is 50.0 Å². The van der Waals surface area contributed by atoms with Gasteiger partial charge in [-0.05, 0) is 91.7 Å². The number of rotatable bonds is 9. The Kier molecular flexibility index (Phi) is 7.48. The average molecular weight is 511 g/mol. The normalized spacial score (nSPS) is 18.9. The van der Waals surface area contributed by atoms with E-state index in [1.807, 2.05) is 6.07 Å². The van der Waals surface area contributed by atoms with Gasteiger partial charge in [0.2, 0.25) is 0 Å². The number of unbranched alkanes of at least 4 members (excludes halogenated alkanes) is 3. The van der Waals surface area contributed by atoms with Crippen LogP contribution in [0.4, 0.5) is 5.69 Å². The number of hydrogen-bond donors (Lipinski definition) is 1. The SMILES string of the molecule is CCCCCCc1cc(/C=C(/C#N)C(=O)O)sc1C1=CC=C2C(=C3CCCC3N2c2ccc(C)cc2)C1. The van der Waals surface area contributed by atoms with Gasteiger partial charge in [-0.2, -0.15) is 5.26 Å². The van der Waals surface area contributed by atoms with Crippen LogP contribution in [0, 0.1) is 18.3 Å². The van der Waals surface area contributed by atoms with Crippen molar-refractivity contribution < 1.29 is 9.90 Å². The van der Waals surface area contributed by atoms with E-state index in [-0.39, 0.29) is 5.57 Å². The molecule has 1 atom stereocenters. The van der Waals surface area contributed by atoms with E-state index in [9.17, 15) is 15.2 Å². The minimum absolute atomic E-state index is 0.214. The zero-order chi connectivity index (χ0) is 25.9. The van der Waals surface area contributed by atoms with E-state index in [0.717, 1.165) is 24.1 Å². The molecule has 0 saturated heterocycles. The number of nitriles is 1. The summed E-state index contributed by atoms with van der Waals surface area (Å²) in [4.78, 5) is 16.1. The van der Waals surface area contributed by atoms with Crippen molar-refractivity contribution in [1.29, 1.82) is 5.26 Å². The van der Waals surface area contributed by atoms with Crippen molar-refractivity contribution in [1.82, 2.24) is 0 Å². The molecule has 1 aromatic heterocycles. The Hall–Kier alpha value is -3.36. The molecule has 1 saturated carbocycles. The van der Waals surface area contributed by atoms with Gasteiger partial charge in [0.25, 0.3) is 0 Å². The summed E-state index contributed by atoms with van der Waals surface area (Å²) in [6, 6.07) is 13.3. The number of anilines is 1. The van der Waals surface area contributed by atoms with Crippen molar-refractivity contribution in [2.45, 2.75) is 77.7 Å².